The third-order valence-corrected chi connectivity index (χ3v) is 4.14. The molecule has 2 atom stereocenters. The van der Waals surface area contributed by atoms with Gasteiger partial charge in [-0.25, -0.2) is 0 Å². The fourth-order valence-corrected chi connectivity index (χ4v) is 3.03. The molecule has 20 heavy (non-hydrogen) atoms. The highest BCUT2D eigenvalue weighted by molar-refractivity contribution is 5.81. The van der Waals surface area contributed by atoms with E-state index >= 15 is 0 Å². The summed E-state index contributed by atoms with van der Waals surface area (Å²) >= 11 is 0. The summed E-state index contributed by atoms with van der Waals surface area (Å²) in [4.78, 5) is 7.05. The van der Waals surface area contributed by atoms with E-state index in [2.05, 4.69) is 57.8 Å². The van der Waals surface area contributed by atoms with Crippen molar-refractivity contribution >= 4 is 5.96 Å². The Kier molecular flexibility index (Phi) is 4.21. The Morgan fingerprint density at radius 1 is 1.35 bits per heavy atom. The first kappa shape index (κ1) is 13.4. The highest BCUT2D eigenvalue weighted by Gasteiger charge is 2.25. The van der Waals surface area contributed by atoms with E-state index in [9.17, 15) is 0 Å². The molecule has 0 radical (unpaired) electrons. The first-order valence-electron chi connectivity index (χ1n) is 7.64. The molecule has 0 spiro atoms. The summed E-state index contributed by atoms with van der Waals surface area (Å²) in [5.41, 5.74) is 1.41. The van der Waals surface area contributed by atoms with Gasteiger partial charge in [-0.1, -0.05) is 30.3 Å². The lowest BCUT2D eigenvalue weighted by Crippen LogP contribution is -2.44. The molecule has 2 aliphatic heterocycles. The average Bonchev–Trinajstić information content (AvgIpc) is 3.07. The molecular weight excluding hydrogens is 248 g/mol. The van der Waals surface area contributed by atoms with Crippen LogP contribution in [0.2, 0.25) is 0 Å². The van der Waals surface area contributed by atoms with E-state index in [1.807, 2.05) is 0 Å². The van der Waals surface area contributed by atoms with E-state index in [1.54, 1.807) is 0 Å². The van der Waals surface area contributed by atoms with Crippen molar-refractivity contribution in [3.63, 3.8) is 0 Å². The fraction of sp³-hybridized carbons (Fsp3) is 0.562. The van der Waals surface area contributed by atoms with Crippen LogP contribution in [-0.4, -0.2) is 42.6 Å². The van der Waals surface area contributed by atoms with E-state index < -0.39 is 0 Å². The topological polar surface area (TPSA) is 39.7 Å². The van der Waals surface area contributed by atoms with Gasteiger partial charge in [-0.05, 0) is 31.9 Å². The van der Waals surface area contributed by atoms with Crippen molar-refractivity contribution in [1.29, 1.82) is 0 Å². The van der Waals surface area contributed by atoms with Crippen LogP contribution in [0.5, 0.6) is 0 Å². The molecule has 1 aromatic carbocycles. The zero-order chi connectivity index (χ0) is 13.8. The number of guanidine groups is 1. The van der Waals surface area contributed by atoms with Crippen molar-refractivity contribution < 1.29 is 0 Å². The highest BCUT2D eigenvalue weighted by Crippen LogP contribution is 2.19. The largest absolute Gasteiger partial charge is 0.355 e. The van der Waals surface area contributed by atoms with E-state index in [4.69, 9.17) is 0 Å². The van der Waals surface area contributed by atoms with Gasteiger partial charge < -0.3 is 10.6 Å². The quantitative estimate of drug-likeness (QED) is 0.874. The number of benzene rings is 1. The Morgan fingerprint density at radius 3 is 2.95 bits per heavy atom. The maximum atomic E-state index is 4.46. The molecule has 1 fully saturated rings. The van der Waals surface area contributed by atoms with Crippen molar-refractivity contribution in [2.45, 2.75) is 38.4 Å². The van der Waals surface area contributed by atoms with Gasteiger partial charge in [-0.3, -0.25) is 9.89 Å². The highest BCUT2D eigenvalue weighted by atomic mass is 15.3. The SMILES string of the molecule is CC1CN=C(NCC2CCCN2Cc2ccccc2)N1. The summed E-state index contributed by atoms with van der Waals surface area (Å²) in [7, 11) is 0. The van der Waals surface area contributed by atoms with Gasteiger partial charge in [0, 0.05) is 25.2 Å². The standard InChI is InChI=1S/C16H24N4/c1-13-10-17-16(19-13)18-11-15-8-5-9-20(15)12-14-6-3-2-4-7-14/h2-4,6-7,13,15H,5,8-12H2,1H3,(H2,17,18,19). The van der Waals surface area contributed by atoms with Gasteiger partial charge in [-0.15, -0.1) is 0 Å². The number of nitrogens with zero attached hydrogens (tertiary/aromatic N) is 2. The smallest absolute Gasteiger partial charge is 0.191 e. The summed E-state index contributed by atoms with van der Waals surface area (Å²) < 4.78 is 0. The van der Waals surface area contributed by atoms with Gasteiger partial charge in [0.05, 0.1) is 6.54 Å². The minimum atomic E-state index is 0.474. The molecular formula is C16H24N4. The molecule has 1 aromatic rings. The predicted octanol–water partition coefficient (Wildman–Crippen LogP) is 1.59. The summed E-state index contributed by atoms with van der Waals surface area (Å²) in [6, 6.07) is 11.9. The molecule has 0 bridgehead atoms. The molecule has 2 aliphatic rings. The predicted molar refractivity (Wildman–Crippen MR) is 82.8 cm³/mol. The van der Waals surface area contributed by atoms with Gasteiger partial charge >= 0.3 is 0 Å². The molecule has 0 aliphatic carbocycles. The number of likely N-dealkylation sites (tertiary alicyclic amines) is 1. The van der Waals surface area contributed by atoms with Gasteiger partial charge in [0.2, 0.25) is 0 Å². The van der Waals surface area contributed by atoms with Crippen LogP contribution in [-0.2, 0) is 6.54 Å². The molecule has 4 heteroatoms. The van der Waals surface area contributed by atoms with E-state index in [-0.39, 0.29) is 0 Å². The Balaban J connectivity index is 1.51. The van der Waals surface area contributed by atoms with Crippen LogP contribution >= 0.6 is 0 Å². The van der Waals surface area contributed by atoms with Crippen LogP contribution in [0.25, 0.3) is 0 Å². The van der Waals surface area contributed by atoms with Crippen LogP contribution in [0.3, 0.4) is 0 Å². The van der Waals surface area contributed by atoms with Crippen molar-refractivity contribution in [3.05, 3.63) is 35.9 Å². The summed E-state index contributed by atoms with van der Waals surface area (Å²) in [5.74, 6) is 0.976. The zero-order valence-corrected chi connectivity index (χ0v) is 12.2. The minimum Gasteiger partial charge on any atom is -0.355 e. The molecule has 0 aromatic heterocycles. The number of rotatable bonds is 4. The maximum absolute atomic E-state index is 4.46. The Bertz CT molecular complexity index is 457. The lowest BCUT2D eigenvalue weighted by molar-refractivity contribution is 0.245. The summed E-state index contributed by atoms with van der Waals surface area (Å²) in [6.07, 6.45) is 2.58. The van der Waals surface area contributed by atoms with Crippen LogP contribution in [0.4, 0.5) is 0 Å². The van der Waals surface area contributed by atoms with Crippen molar-refractivity contribution in [3.8, 4) is 0 Å². The van der Waals surface area contributed by atoms with Gasteiger partial charge in [0.15, 0.2) is 5.96 Å². The molecule has 1 saturated heterocycles. The van der Waals surface area contributed by atoms with Gasteiger partial charge in [0.1, 0.15) is 0 Å². The first-order valence-corrected chi connectivity index (χ1v) is 7.64. The van der Waals surface area contributed by atoms with Gasteiger partial charge in [0.25, 0.3) is 0 Å². The Labute approximate surface area is 121 Å². The molecule has 3 rings (SSSR count). The van der Waals surface area contributed by atoms with Crippen LogP contribution in [0.1, 0.15) is 25.3 Å². The molecule has 2 unspecified atom stereocenters. The molecule has 0 amide bonds. The molecule has 0 saturated carbocycles. The molecule has 4 nitrogen and oxygen atoms in total. The van der Waals surface area contributed by atoms with Gasteiger partial charge in [-0.2, -0.15) is 0 Å². The monoisotopic (exact) mass is 272 g/mol. The normalized spacial score (nSPS) is 26.4. The average molecular weight is 272 g/mol. The van der Waals surface area contributed by atoms with Crippen molar-refractivity contribution in [2.75, 3.05) is 19.6 Å². The second-order valence-corrected chi connectivity index (χ2v) is 5.87. The van der Waals surface area contributed by atoms with E-state index in [0.717, 1.165) is 25.6 Å². The Hall–Kier alpha value is -1.55. The second-order valence-electron chi connectivity index (χ2n) is 5.87. The van der Waals surface area contributed by atoms with Crippen molar-refractivity contribution in [1.82, 2.24) is 15.5 Å². The Morgan fingerprint density at radius 2 is 2.20 bits per heavy atom. The van der Waals surface area contributed by atoms with E-state index in [0.29, 0.717) is 12.1 Å². The van der Waals surface area contributed by atoms with Crippen molar-refractivity contribution in [2.24, 2.45) is 4.99 Å². The second kappa shape index (κ2) is 6.27. The third-order valence-electron chi connectivity index (χ3n) is 4.14. The summed E-state index contributed by atoms with van der Waals surface area (Å²) in [5, 5.41) is 6.83. The lowest BCUT2D eigenvalue weighted by atomic mass is 10.2. The lowest BCUT2D eigenvalue weighted by Gasteiger charge is -2.25. The molecule has 2 N–H and O–H groups in total. The maximum Gasteiger partial charge on any atom is 0.191 e. The van der Waals surface area contributed by atoms with Crippen LogP contribution in [0, 0.1) is 0 Å². The van der Waals surface area contributed by atoms with Crippen LogP contribution in [0.15, 0.2) is 35.3 Å². The molecule has 108 valence electrons. The zero-order valence-electron chi connectivity index (χ0n) is 12.2. The summed E-state index contributed by atoms with van der Waals surface area (Å²) in [6.45, 7) is 6.31. The number of hydrogen-bond donors (Lipinski definition) is 2. The fourth-order valence-electron chi connectivity index (χ4n) is 3.03. The van der Waals surface area contributed by atoms with Crippen LogP contribution < -0.4 is 10.6 Å². The molecule has 2 heterocycles. The third kappa shape index (κ3) is 3.31. The first-order chi connectivity index (χ1) is 9.81. The van der Waals surface area contributed by atoms with E-state index in [1.165, 1.54) is 24.9 Å². The number of hydrogen-bond acceptors (Lipinski definition) is 4. The number of aliphatic imine (C=N–C) groups is 1. The minimum absolute atomic E-state index is 0.474. The number of nitrogens with one attached hydrogen (secondary N) is 2.